The topological polar surface area (TPSA) is 0 Å². The van der Waals surface area contributed by atoms with Gasteiger partial charge in [0, 0.05) is 9.75 Å². The molecule has 0 aliphatic heterocycles. The van der Waals surface area contributed by atoms with E-state index in [0.29, 0.717) is 0 Å². The molecular formula is C29H56S. The minimum Gasteiger partial charge on any atom is -0.145 e. The van der Waals surface area contributed by atoms with Crippen LogP contribution in [-0.4, -0.2) is 0 Å². The third kappa shape index (κ3) is 23.2. The molecule has 178 valence electrons. The number of hydrogen-bond donors (Lipinski definition) is 0. The molecule has 0 saturated heterocycles. The zero-order valence-electron chi connectivity index (χ0n) is 21.5. The first-order valence-electron chi connectivity index (χ1n) is 11.9. The summed E-state index contributed by atoms with van der Waals surface area (Å²) in [6.45, 7) is 25.1. The first-order chi connectivity index (χ1) is 13.9. The van der Waals surface area contributed by atoms with Crippen LogP contribution in [0.4, 0.5) is 0 Å². The van der Waals surface area contributed by atoms with Gasteiger partial charge in [0.1, 0.15) is 0 Å². The summed E-state index contributed by atoms with van der Waals surface area (Å²) < 4.78 is 0. The van der Waals surface area contributed by atoms with Crippen molar-refractivity contribution < 1.29 is 0 Å². The van der Waals surface area contributed by atoms with Crippen molar-refractivity contribution in [3.8, 4) is 0 Å². The van der Waals surface area contributed by atoms with Crippen LogP contribution in [0.1, 0.15) is 117 Å². The predicted molar refractivity (Wildman–Crippen MR) is 149 cm³/mol. The Labute approximate surface area is 196 Å². The quantitative estimate of drug-likeness (QED) is 0.402. The summed E-state index contributed by atoms with van der Waals surface area (Å²) in [5.74, 6) is 1.86. The Hall–Kier alpha value is -1.08. The van der Waals surface area contributed by atoms with Crippen molar-refractivity contribution in [1.82, 2.24) is 0 Å². The smallest absolute Gasteiger partial charge is 0.0123 e. The molecule has 0 aromatic carbocycles. The summed E-state index contributed by atoms with van der Waals surface area (Å²) in [6, 6.07) is 2.27. The second kappa shape index (κ2) is 27.9. The van der Waals surface area contributed by atoms with E-state index in [1.54, 1.807) is 11.0 Å². The van der Waals surface area contributed by atoms with Gasteiger partial charge >= 0.3 is 0 Å². The van der Waals surface area contributed by atoms with Crippen molar-refractivity contribution in [1.29, 1.82) is 0 Å². The van der Waals surface area contributed by atoms with Gasteiger partial charge in [-0.15, -0.1) is 11.3 Å². The van der Waals surface area contributed by atoms with E-state index in [1.807, 2.05) is 44.3 Å². The Kier molecular flexibility index (Phi) is 33.8. The summed E-state index contributed by atoms with van der Waals surface area (Å²) in [5.41, 5.74) is 1.45. The molecule has 0 amide bonds. The Morgan fingerprint density at radius 3 is 1.90 bits per heavy atom. The highest BCUT2D eigenvalue weighted by atomic mass is 32.1. The molecular weight excluding hydrogens is 380 g/mol. The van der Waals surface area contributed by atoms with Gasteiger partial charge in [0.2, 0.25) is 0 Å². The van der Waals surface area contributed by atoms with E-state index in [1.165, 1.54) is 49.0 Å². The molecule has 0 bridgehead atoms. The lowest BCUT2D eigenvalue weighted by molar-refractivity contribution is 0.397. The van der Waals surface area contributed by atoms with Gasteiger partial charge < -0.3 is 0 Å². The zero-order chi connectivity index (χ0) is 23.1. The second-order valence-corrected chi connectivity index (χ2v) is 8.75. The van der Waals surface area contributed by atoms with Gasteiger partial charge in [0.15, 0.2) is 0 Å². The molecule has 1 aliphatic rings. The lowest BCUT2D eigenvalue weighted by Crippen LogP contribution is -2.00. The van der Waals surface area contributed by atoms with Crippen molar-refractivity contribution in [2.45, 2.75) is 115 Å². The first-order valence-corrected chi connectivity index (χ1v) is 12.7. The molecule has 2 rings (SSSR count). The summed E-state index contributed by atoms with van der Waals surface area (Å²) in [6.07, 6.45) is 17.9. The van der Waals surface area contributed by atoms with Crippen LogP contribution >= 0.6 is 11.3 Å². The molecule has 1 aromatic rings. The van der Waals surface area contributed by atoms with E-state index in [-0.39, 0.29) is 7.43 Å². The van der Waals surface area contributed by atoms with Crippen molar-refractivity contribution >= 4 is 17.4 Å². The predicted octanol–water partition coefficient (Wildman–Crippen LogP) is 11.3. The highest BCUT2D eigenvalue weighted by molar-refractivity contribution is 7.12. The van der Waals surface area contributed by atoms with Gasteiger partial charge in [-0.3, -0.25) is 0 Å². The number of hydrogen-bond acceptors (Lipinski definition) is 1. The number of fused-ring (bicyclic) bond motifs is 1. The van der Waals surface area contributed by atoms with Gasteiger partial charge in [0.05, 0.1) is 0 Å². The van der Waals surface area contributed by atoms with Gasteiger partial charge in [0.25, 0.3) is 0 Å². The molecule has 1 heterocycles. The minimum absolute atomic E-state index is 0. The largest absolute Gasteiger partial charge is 0.145 e. The Morgan fingerprint density at radius 1 is 1.07 bits per heavy atom. The average molecular weight is 437 g/mol. The van der Waals surface area contributed by atoms with Crippen molar-refractivity contribution in [3.63, 3.8) is 0 Å². The molecule has 0 N–H and O–H groups in total. The number of aryl methyl sites for hydroxylation is 2. The van der Waals surface area contributed by atoms with E-state index in [9.17, 15) is 0 Å². The maximum Gasteiger partial charge on any atom is 0.0123 e. The number of rotatable bonds is 5. The van der Waals surface area contributed by atoms with E-state index in [0.717, 1.165) is 11.8 Å². The minimum atomic E-state index is 0. The highest BCUT2D eigenvalue weighted by Gasteiger charge is 2.06. The second-order valence-electron chi connectivity index (χ2n) is 7.41. The van der Waals surface area contributed by atoms with E-state index >= 15 is 0 Å². The average Bonchev–Trinajstić information content (AvgIpc) is 3.11. The van der Waals surface area contributed by atoms with Crippen LogP contribution in [0.5, 0.6) is 0 Å². The van der Waals surface area contributed by atoms with Crippen LogP contribution in [0.15, 0.2) is 36.9 Å². The molecule has 0 fully saturated rings. The van der Waals surface area contributed by atoms with Gasteiger partial charge in [-0.25, -0.2) is 0 Å². The monoisotopic (exact) mass is 436 g/mol. The Bertz CT molecular complexity index is 496. The van der Waals surface area contributed by atoms with Crippen molar-refractivity contribution in [3.05, 3.63) is 52.3 Å². The van der Waals surface area contributed by atoms with Crippen LogP contribution < -0.4 is 0 Å². The first kappa shape index (κ1) is 36.3. The van der Waals surface area contributed by atoms with Gasteiger partial charge in [-0.2, -0.15) is 0 Å². The summed E-state index contributed by atoms with van der Waals surface area (Å²) in [5, 5.41) is 0. The molecule has 1 heteroatoms. The zero-order valence-corrected chi connectivity index (χ0v) is 22.3. The standard InChI is InChI=1S/C9H10S.C9H20.C5H8.C3H8.C2H6.CH4/c1-7-6-8-4-2-3-5-9(8)10-7;1-5-8(3)7-9(4)6-2;1-3-5-4-2;1-3-2;1-2;/h2,4,6H,3,5H2,1H3;8-9H,5-7H2,1-4H3;3-5H,1H2,2H3;3H2,1-2H3;1-2H3;1H4/b;;5-4-;;;. The van der Waals surface area contributed by atoms with Crippen molar-refractivity contribution in [2.24, 2.45) is 11.8 Å². The van der Waals surface area contributed by atoms with Crippen LogP contribution in [0.2, 0.25) is 0 Å². The fourth-order valence-electron chi connectivity index (χ4n) is 2.50. The molecule has 0 nitrogen and oxygen atoms in total. The third-order valence-corrected chi connectivity index (χ3v) is 5.45. The maximum atomic E-state index is 3.46. The van der Waals surface area contributed by atoms with E-state index in [4.69, 9.17) is 0 Å². The van der Waals surface area contributed by atoms with Crippen LogP contribution in [0.3, 0.4) is 0 Å². The van der Waals surface area contributed by atoms with E-state index < -0.39 is 0 Å². The summed E-state index contributed by atoms with van der Waals surface area (Å²) >= 11 is 1.94. The van der Waals surface area contributed by atoms with Gasteiger partial charge in [-0.05, 0) is 56.6 Å². The third-order valence-electron chi connectivity index (χ3n) is 4.33. The molecule has 0 radical (unpaired) electrons. The van der Waals surface area contributed by atoms with Crippen molar-refractivity contribution in [2.75, 3.05) is 0 Å². The lowest BCUT2D eigenvalue weighted by atomic mass is 9.94. The normalized spacial score (nSPS) is 12.6. The summed E-state index contributed by atoms with van der Waals surface area (Å²) in [7, 11) is 0. The van der Waals surface area contributed by atoms with Gasteiger partial charge in [-0.1, -0.05) is 119 Å². The summed E-state index contributed by atoms with van der Waals surface area (Å²) in [4.78, 5) is 3.01. The molecule has 2 unspecified atom stereocenters. The van der Waals surface area contributed by atoms with Crippen LogP contribution in [0, 0.1) is 18.8 Å². The fourth-order valence-corrected chi connectivity index (χ4v) is 3.54. The molecule has 0 saturated carbocycles. The van der Waals surface area contributed by atoms with E-state index in [2.05, 4.69) is 73.3 Å². The molecule has 30 heavy (non-hydrogen) atoms. The Morgan fingerprint density at radius 2 is 1.57 bits per heavy atom. The molecule has 2 atom stereocenters. The van der Waals surface area contributed by atoms with Crippen LogP contribution in [0.25, 0.3) is 6.08 Å². The highest BCUT2D eigenvalue weighted by Crippen LogP contribution is 2.27. The molecule has 1 aromatic heterocycles. The Balaban J connectivity index is -0.000000156. The SMILES string of the molecule is C.C=C/C=C\C.CC.CCC.CCC(C)CC(C)CC.Cc1cc2c(s1)CCC=C2. The molecule has 0 spiro atoms. The number of allylic oxidation sites excluding steroid dienone is 4. The maximum absolute atomic E-state index is 3.46. The van der Waals surface area contributed by atoms with Crippen LogP contribution in [-0.2, 0) is 6.42 Å². The molecule has 1 aliphatic carbocycles. The number of thiophene rings is 1. The lowest BCUT2D eigenvalue weighted by Gasteiger charge is -2.12. The fraction of sp³-hybridized carbons (Fsp3) is 0.655.